The topological polar surface area (TPSA) is 66.0 Å². The van der Waals surface area contributed by atoms with Crippen molar-refractivity contribution in [3.63, 3.8) is 0 Å². The zero-order valence-corrected chi connectivity index (χ0v) is 9.77. The van der Waals surface area contributed by atoms with Gasteiger partial charge in [-0.3, -0.25) is 5.41 Å². The summed E-state index contributed by atoms with van der Waals surface area (Å²) in [4.78, 5) is 6.50. The molecule has 0 radical (unpaired) electrons. The average Bonchev–Trinajstić information content (AvgIpc) is 3.11. The number of pyridine rings is 1. The van der Waals surface area contributed by atoms with Gasteiger partial charge in [-0.25, -0.2) is 4.98 Å². The molecule has 1 aromatic rings. The van der Waals surface area contributed by atoms with Crippen molar-refractivity contribution in [1.29, 1.82) is 5.41 Å². The number of rotatable bonds is 4. The summed E-state index contributed by atoms with van der Waals surface area (Å²) in [5, 5.41) is 7.41. The van der Waals surface area contributed by atoms with Gasteiger partial charge < -0.3 is 10.6 Å². The molecule has 2 rings (SSSR count). The third kappa shape index (κ3) is 2.15. The molecular weight excluding hydrogens is 200 g/mol. The fourth-order valence-corrected chi connectivity index (χ4v) is 1.88. The van der Waals surface area contributed by atoms with Crippen LogP contribution in [0.25, 0.3) is 0 Å². The van der Waals surface area contributed by atoms with Crippen LogP contribution in [-0.4, -0.2) is 23.9 Å². The Labute approximate surface area is 96.0 Å². The number of nitrogens with one attached hydrogen (secondary N) is 1. The summed E-state index contributed by atoms with van der Waals surface area (Å²) in [6.45, 7) is 2.22. The van der Waals surface area contributed by atoms with Crippen molar-refractivity contribution >= 4 is 11.7 Å². The second kappa shape index (κ2) is 4.12. The third-order valence-corrected chi connectivity index (χ3v) is 3.33. The van der Waals surface area contributed by atoms with Crippen molar-refractivity contribution < 1.29 is 0 Å². The fourth-order valence-electron chi connectivity index (χ4n) is 1.88. The number of nitrogen functional groups attached to an aromatic ring is 1. The Balaban J connectivity index is 2.18. The molecule has 0 saturated heterocycles. The van der Waals surface area contributed by atoms with Crippen molar-refractivity contribution in [2.45, 2.75) is 25.8 Å². The molecule has 1 aliphatic carbocycles. The van der Waals surface area contributed by atoms with Crippen LogP contribution in [0.2, 0.25) is 0 Å². The van der Waals surface area contributed by atoms with E-state index in [0.717, 1.165) is 17.3 Å². The number of hydrogen-bond donors (Lipinski definition) is 2. The van der Waals surface area contributed by atoms with E-state index in [2.05, 4.69) is 23.9 Å². The summed E-state index contributed by atoms with van der Waals surface area (Å²) in [6, 6.07) is 4.15. The van der Waals surface area contributed by atoms with Crippen LogP contribution in [0.15, 0.2) is 18.3 Å². The van der Waals surface area contributed by atoms with Gasteiger partial charge >= 0.3 is 0 Å². The van der Waals surface area contributed by atoms with E-state index in [0.29, 0.717) is 6.04 Å². The number of aromatic nitrogens is 1. The largest absolute Gasteiger partial charge is 0.384 e. The van der Waals surface area contributed by atoms with Gasteiger partial charge in [-0.05, 0) is 37.8 Å². The Hall–Kier alpha value is -1.58. The molecule has 0 spiro atoms. The van der Waals surface area contributed by atoms with Gasteiger partial charge in [0.15, 0.2) is 0 Å². The Bertz CT molecular complexity index is 398. The van der Waals surface area contributed by atoms with Crippen LogP contribution in [0.5, 0.6) is 0 Å². The summed E-state index contributed by atoms with van der Waals surface area (Å²) in [7, 11) is 2.05. The maximum Gasteiger partial charge on any atom is 0.129 e. The van der Waals surface area contributed by atoms with E-state index in [9.17, 15) is 0 Å². The van der Waals surface area contributed by atoms with Gasteiger partial charge in [-0.15, -0.1) is 0 Å². The minimum atomic E-state index is 0.0936. The van der Waals surface area contributed by atoms with E-state index < -0.39 is 0 Å². The van der Waals surface area contributed by atoms with Crippen LogP contribution in [-0.2, 0) is 0 Å². The molecule has 0 amide bonds. The van der Waals surface area contributed by atoms with E-state index in [1.807, 2.05) is 6.07 Å². The summed E-state index contributed by atoms with van der Waals surface area (Å²) in [5.41, 5.74) is 6.20. The minimum Gasteiger partial charge on any atom is -0.384 e. The van der Waals surface area contributed by atoms with Crippen LogP contribution in [0.1, 0.15) is 25.3 Å². The molecule has 1 unspecified atom stereocenters. The number of nitrogens with two attached hydrogens (primary N) is 1. The highest BCUT2D eigenvalue weighted by molar-refractivity contribution is 5.95. The molecule has 1 atom stereocenters. The monoisotopic (exact) mass is 218 g/mol. The summed E-state index contributed by atoms with van der Waals surface area (Å²) >= 11 is 0. The van der Waals surface area contributed by atoms with Gasteiger partial charge in [0.1, 0.15) is 11.7 Å². The van der Waals surface area contributed by atoms with Crippen LogP contribution >= 0.6 is 0 Å². The highest BCUT2D eigenvalue weighted by atomic mass is 15.2. The lowest BCUT2D eigenvalue weighted by Crippen LogP contribution is -2.31. The van der Waals surface area contributed by atoms with Crippen LogP contribution in [0.4, 0.5) is 5.82 Å². The van der Waals surface area contributed by atoms with Gasteiger partial charge in [0.05, 0.1) is 0 Å². The molecule has 1 aromatic heterocycles. The lowest BCUT2D eigenvalue weighted by Gasteiger charge is -2.26. The first kappa shape index (κ1) is 10.9. The van der Waals surface area contributed by atoms with E-state index in [1.54, 1.807) is 12.3 Å². The van der Waals surface area contributed by atoms with Gasteiger partial charge in [-0.1, -0.05) is 0 Å². The Morgan fingerprint density at radius 2 is 2.31 bits per heavy atom. The molecule has 1 aliphatic rings. The van der Waals surface area contributed by atoms with Crippen LogP contribution in [0.3, 0.4) is 0 Å². The number of anilines is 1. The summed E-state index contributed by atoms with van der Waals surface area (Å²) in [5.74, 6) is 1.79. The molecule has 86 valence electrons. The van der Waals surface area contributed by atoms with Crippen LogP contribution < -0.4 is 10.6 Å². The molecule has 0 bridgehead atoms. The lowest BCUT2D eigenvalue weighted by molar-refractivity contribution is 0.604. The second-order valence-electron chi connectivity index (χ2n) is 4.51. The van der Waals surface area contributed by atoms with Gasteiger partial charge in [-0.2, -0.15) is 0 Å². The maximum absolute atomic E-state index is 7.41. The molecule has 3 N–H and O–H groups in total. The molecule has 1 saturated carbocycles. The molecule has 16 heavy (non-hydrogen) atoms. The fraction of sp³-hybridized carbons (Fsp3) is 0.500. The minimum absolute atomic E-state index is 0.0936. The smallest absolute Gasteiger partial charge is 0.129 e. The van der Waals surface area contributed by atoms with Crippen molar-refractivity contribution in [3.05, 3.63) is 23.9 Å². The van der Waals surface area contributed by atoms with E-state index >= 15 is 0 Å². The lowest BCUT2D eigenvalue weighted by atomic mass is 10.2. The van der Waals surface area contributed by atoms with Gasteiger partial charge in [0, 0.05) is 24.8 Å². The first-order chi connectivity index (χ1) is 7.59. The molecule has 4 nitrogen and oxygen atoms in total. The van der Waals surface area contributed by atoms with Crippen molar-refractivity contribution in [2.75, 3.05) is 11.9 Å². The van der Waals surface area contributed by atoms with Gasteiger partial charge in [0.2, 0.25) is 0 Å². The average molecular weight is 218 g/mol. The third-order valence-electron chi connectivity index (χ3n) is 3.33. The second-order valence-corrected chi connectivity index (χ2v) is 4.51. The van der Waals surface area contributed by atoms with Crippen molar-refractivity contribution in [1.82, 2.24) is 4.98 Å². The van der Waals surface area contributed by atoms with E-state index in [-0.39, 0.29) is 5.84 Å². The quantitative estimate of drug-likeness (QED) is 0.596. The highest BCUT2D eigenvalue weighted by Gasteiger charge is 2.31. The predicted molar refractivity (Wildman–Crippen MR) is 65.8 cm³/mol. The molecule has 1 heterocycles. The van der Waals surface area contributed by atoms with Gasteiger partial charge in [0.25, 0.3) is 0 Å². The van der Waals surface area contributed by atoms with Crippen molar-refractivity contribution in [2.24, 2.45) is 11.7 Å². The number of amidine groups is 1. The number of hydrogen-bond acceptors (Lipinski definition) is 3. The molecular formula is C12H18N4. The summed E-state index contributed by atoms with van der Waals surface area (Å²) in [6.07, 6.45) is 4.35. The number of nitrogens with zero attached hydrogens (tertiary/aromatic N) is 2. The Morgan fingerprint density at radius 3 is 2.88 bits per heavy atom. The molecule has 1 fully saturated rings. The molecule has 0 aliphatic heterocycles. The first-order valence-corrected chi connectivity index (χ1v) is 5.63. The first-order valence-electron chi connectivity index (χ1n) is 5.63. The molecule has 0 aromatic carbocycles. The maximum atomic E-state index is 7.41. The van der Waals surface area contributed by atoms with E-state index in [4.69, 9.17) is 11.1 Å². The SMILES string of the molecule is CC(C1CC1)N(C)c1cc(C(=N)N)ccn1. The highest BCUT2D eigenvalue weighted by Crippen LogP contribution is 2.35. The predicted octanol–water partition coefficient (Wildman–Crippen LogP) is 1.60. The molecule has 4 heteroatoms. The standard InChI is InChI=1S/C12H18N4/c1-8(9-3-4-9)16(2)11-7-10(12(13)14)5-6-15-11/h5-9H,3-4H2,1-2H3,(H3,13,14). The Kier molecular flexibility index (Phi) is 2.81. The normalized spacial score (nSPS) is 16.9. The Morgan fingerprint density at radius 1 is 1.62 bits per heavy atom. The van der Waals surface area contributed by atoms with Crippen molar-refractivity contribution in [3.8, 4) is 0 Å². The van der Waals surface area contributed by atoms with Crippen LogP contribution in [0, 0.1) is 11.3 Å². The zero-order valence-electron chi connectivity index (χ0n) is 9.77. The van der Waals surface area contributed by atoms with E-state index in [1.165, 1.54) is 12.8 Å². The zero-order chi connectivity index (χ0) is 11.7. The summed E-state index contributed by atoms with van der Waals surface area (Å²) < 4.78 is 0.